The molecule has 2 amide bonds. The number of hydrogen-bond donors (Lipinski definition) is 1. The Hall–Kier alpha value is -2.86. The zero-order valence-electron chi connectivity index (χ0n) is 15.1. The van der Waals surface area contributed by atoms with Gasteiger partial charge < -0.3 is 15.0 Å². The van der Waals surface area contributed by atoms with Crippen molar-refractivity contribution in [1.82, 2.24) is 9.80 Å². The van der Waals surface area contributed by atoms with E-state index in [-0.39, 0.29) is 11.8 Å². The largest absolute Gasteiger partial charge is 0.480 e. The monoisotopic (exact) mass is 365 g/mol. The van der Waals surface area contributed by atoms with Crippen LogP contribution in [0.25, 0.3) is 0 Å². The second-order valence-corrected chi connectivity index (χ2v) is 6.93. The van der Waals surface area contributed by atoms with Crippen molar-refractivity contribution in [3.05, 3.63) is 60.2 Å². The van der Waals surface area contributed by atoms with Crippen molar-refractivity contribution in [3.8, 4) is 5.75 Å². The Morgan fingerprint density at radius 2 is 1.67 bits per heavy atom. The van der Waals surface area contributed by atoms with Crippen molar-refractivity contribution in [2.24, 2.45) is 0 Å². The maximum absolute atomic E-state index is 12.7. The molecule has 2 aromatic rings. The van der Waals surface area contributed by atoms with Crippen molar-refractivity contribution in [3.63, 3.8) is 0 Å². The quantitative estimate of drug-likeness (QED) is 0.897. The summed E-state index contributed by atoms with van der Waals surface area (Å²) < 4.78 is 5.81. The molecule has 1 atom stereocenters. The standard InChI is InChI=1S/C21H23N3O3/c25-20(22-17-7-2-1-3-8-17)15-23-10-12-24(13-11-23)21(26)19-14-16-6-4-5-9-18(16)27-19/h1-9,19H,10-15H2,(H,22,25)/t19-/m1/s1. The zero-order chi connectivity index (χ0) is 18.6. The van der Waals surface area contributed by atoms with E-state index in [9.17, 15) is 9.59 Å². The van der Waals surface area contributed by atoms with Gasteiger partial charge in [-0.15, -0.1) is 0 Å². The lowest BCUT2D eigenvalue weighted by atomic mass is 10.1. The molecule has 0 aromatic heterocycles. The van der Waals surface area contributed by atoms with Gasteiger partial charge in [0.15, 0.2) is 6.10 Å². The lowest BCUT2D eigenvalue weighted by Gasteiger charge is -2.35. The topological polar surface area (TPSA) is 61.9 Å². The Labute approximate surface area is 158 Å². The molecule has 2 heterocycles. The van der Waals surface area contributed by atoms with Gasteiger partial charge in [0.25, 0.3) is 5.91 Å². The Morgan fingerprint density at radius 3 is 2.41 bits per heavy atom. The number of carbonyl (C=O) groups excluding carboxylic acids is 2. The van der Waals surface area contributed by atoms with Crippen LogP contribution in [0.4, 0.5) is 5.69 Å². The van der Waals surface area contributed by atoms with Gasteiger partial charge in [-0.3, -0.25) is 14.5 Å². The summed E-state index contributed by atoms with van der Waals surface area (Å²) in [6.07, 6.45) is 0.213. The third-order valence-corrected chi connectivity index (χ3v) is 5.03. The van der Waals surface area contributed by atoms with E-state index in [0.717, 1.165) is 17.0 Å². The molecule has 1 saturated heterocycles. The molecule has 0 bridgehead atoms. The number of ether oxygens (including phenoxy) is 1. The van der Waals surface area contributed by atoms with E-state index in [0.29, 0.717) is 39.1 Å². The average Bonchev–Trinajstić information content (AvgIpc) is 3.13. The Bertz CT molecular complexity index is 791. The molecule has 6 nitrogen and oxygen atoms in total. The number of hydrogen-bond acceptors (Lipinski definition) is 4. The van der Waals surface area contributed by atoms with E-state index in [1.807, 2.05) is 59.5 Å². The molecule has 4 rings (SSSR count). The van der Waals surface area contributed by atoms with Crippen molar-refractivity contribution in [2.45, 2.75) is 12.5 Å². The van der Waals surface area contributed by atoms with Crippen LogP contribution in [0.5, 0.6) is 5.75 Å². The van der Waals surface area contributed by atoms with Gasteiger partial charge in [-0.1, -0.05) is 36.4 Å². The highest BCUT2D eigenvalue weighted by atomic mass is 16.5. The first kappa shape index (κ1) is 17.5. The number of amides is 2. The summed E-state index contributed by atoms with van der Waals surface area (Å²) in [7, 11) is 0. The predicted molar refractivity (Wildman–Crippen MR) is 103 cm³/mol. The average molecular weight is 365 g/mol. The summed E-state index contributed by atoms with van der Waals surface area (Å²) in [5.41, 5.74) is 1.89. The van der Waals surface area contributed by atoms with Gasteiger partial charge >= 0.3 is 0 Å². The first-order valence-corrected chi connectivity index (χ1v) is 9.29. The lowest BCUT2D eigenvalue weighted by Crippen LogP contribution is -2.53. The number of anilines is 1. The fourth-order valence-corrected chi connectivity index (χ4v) is 3.57. The predicted octanol–water partition coefficient (Wildman–Crippen LogP) is 1.77. The van der Waals surface area contributed by atoms with Crippen molar-refractivity contribution < 1.29 is 14.3 Å². The number of para-hydroxylation sites is 2. The van der Waals surface area contributed by atoms with Crippen molar-refractivity contribution >= 4 is 17.5 Å². The zero-order valence-corrected chi connectivity index (χ0v) is 15.1. The van der Waals surface area contributed by atoms with Crippen LogP contribution >= 0.6 is 0 Å². The second kappa shape index (κ2) is 7.80. The van der Waals surface area contributed by atoms with Crippen molar-refractivity contribution in [1.29, 1.82) is 0 Å². The van der Waals surface area contributed by atoms with Crippen LogP contribution in [0.2, 0.25) is 0 Å². The molecule has 2 aliphatic rings. The van der Waals surface area contributed by atoms with Crippen LogP contribution in [-0.2, 0) is 16.0 Å². The molecule has 0 unspecified atom stereocenters. The molecule has 0 spiro atoms. The van der Waals surface area contributed by atoms with Crippen LogP contribution in [-0.4, -0.2) is 60.4 Å². The molecule has 2 aromatic carbocycles. The van der Waals surface area contributed by atoms with Gasteiger partial charge in [-0.2, -0.15) is 0 Å². The minimum absolute atomic E-state index is 0.0319. The Morgan fingerprint density at radius 1 is 0.963 bits per heavy atom. The third-order valence-electron chi connectivity index (χ3n) is 5.03. The lowest BCUT2D eigenvalue weighted by molar-refractivity contribution is -0.139. The first-order chi connectivity index (χ1) is 13.2. The van der Waals surface area contributed by atoms with Crippen LogP contribution in [0.1, 0.15) is 5.56 Å². The molecule has 0 aliphatic carbocycles. The first-order valence-electron chi connectivity index (χ1n) is 9.29. The fourth-order valence-electron chi connectivity index (χ4n) is 3.57. The van der Waals surface area contributed by atoms with Crippen LogP contribution in [0, 0.1) is 0 Å². The molecule has 6 heteroatoms. The maximum Gasteiger partial charge on any atom is 0.264 e. The van der Waals surface area contributed by atoms with Gasteiger partial charge in [-0.05, 0) is 23.8 Å². The molecule has 0 radical (unpaired) electrons. The number of piperazine rings is 1. The summed E-state index contributed by atoms with van der Waals surface area (Å²) in [6.45, 7) is 2.95. The summed E-state index contributed by atoms with van der Waals surface area (Å²) in [5.74, 6) is 0.821. The minimum Gasteiger partial charge on any atom is -0.480 e. The third kappa shape index (κ3) is 4.11. The molecule has 1 N–H and O–H groups in total. The van der Waals surface area contributed by atoms with E-state index < -0.39 is 6.10 Å². The SMILES string of the molecule is O=C(CN1CCN(C(=O)[C@H]2Cc3ccccc3O2)CC1)Nc1ccccc1. The smallest absolute Gasteiger partial charge is 0.264 e. The van der Waals surface area contributed by atoms with E-state index in [1.54, 1.807) is 0 Å². The van der Waals surface area contributed by atoms with Gasteiger partial charge in [0.2, 0.25) is 5.91 Å². The second-order valence-electron chi connectivity index (χ2n) is 6.93. The van der Waals surface area contributed by atoms with Crippen LogP contribution < -0.4 is 10.1 Å². The highest BCUT2D eigenvalue weighted by molar-refractivity contribution is 5.92. The molecule has 1 fully saturated rings. The minimum atomic E-state index is -0.421. The van der Waals surface area contributed by atoms with Gasteiger partial charge in [0.05, 0.1) is 6.54 Å². The Balaban J connectivity index is 1.24. The summed E-state index contributed by atoms with van der Waals surface area (Å²) in [5, 5.41) is 2.90. The highest BCUT2D eigenvalue weighted by Gasteiger charge is 2.33. The maximum atomic E-state index is 12.7. The van der Waals surface area contributed by atoms with E-state index in [1.165, 1.54) is 0 Å². The Kier molecular flexibility index (Phi) is 5.07. The number of rotatable bonds is 4. The summed E-state index contributed by atoms with van der Waals surface area (Å²) in [6, 6.07) is 17.2. The highest BCUT2D eigenvalue weighted by Crippen LogP contribution is 2.29. The molecular weight excluding hydrogens is 342 g/mol. The van der Waals surface area contributed by atoms with E-state index in [2.05, 4.69) is 10.2 Å². The molecule has 27 heavy (non-hydrogen) atoms. The van der Waals surface area contributed by atoms with Crippen LogP contribution in [0.3, 0.4) is 0 Å². The fraction of sp³-hybridized carbons (Fsp3) is 0.333. The number of benzene rings is 2. The van der Waals surface area contributed by atoms with Crippen LogP contribution in [0.15, 0.2) is 54.6 Å². The summed E-state index contributed by atoms with van der Waals surface area (Å²) >= 11 is 0. The summed E-state index contributed by atoms with van der Waals surface area (Å²) in [4.78, 5) is 28.8. The number of fused-ring (bicyclic) bond motifs is 1. The van der Waals surface area contributed by atoms with E-state index in [4.69, 9.17) is 4.74 Å². The van der Waals surface area contributed by atoms with Gasteiger partial charge in [-0.25, -0.2) is 0 Å². The molecule has 0 saturated carbocycles. The number of carbonyl (C=O) groups is 2. The van der Waals surface area contributed by atoms with Gasteiger partial charge in [0.1, 0.15) is 5.75 Å². The van der Waals surface area contributed by atoms with Gasteiger partial charge in [0, 0.05) is 38.3 Å². The number of nitrogens with one attached hydrogen (secondary N) is 1. The van der Waals surface area contributed by atoms with E-state index >= 15 is 0 Å². The molecule has 2 aliphatic heterocycles. The number of nitrogens with zero attached hydrogens (tertiary/aromatic N) is 2. The van der Waals surface area contributed by atoms with Crippen molar-refractivity contribution in [2.75, 3.05) is 38.0 Å². The normalized spacial score (nSPS) is 19.3. The molecule has 140 valence electrons. The molecular formula is C21H23N3O3.